The van der Waals surface area contributed by atoms with Gasteiger partial charge in [0, 0.05) is 19.1 Å². The number of likely N-dealkylation sites (tertiary alicyclic amines) is 1. The predicted octanol–water partition coefficient (Wildman–Crippen LogP) is -0.592. The van der Waals surface area contributed by atoms with E-state index in [2.05, 4.69) is 11.9 Å². The number of carbonyl (C=O) groups excluding carboxylic acids is 1. The molecule has 2 aliphatic rings. The summed E-state index contributed by atoms with van der Waals surface area (Å²) in [6.07, 6.45) is 3.18. The summed E-state index contributed by atoms with van der Waals surface area (Å²) in [5.74, 6) is 0.0320. The molecule has 6 nitrogen and oxygen atoms in total. The Morgan fingerprint density at radius 3 is 2.60 bits per heavy atom. The molecule has 0 aliphatic carbocycles. The predicted molar refractivity (Wildman–Crippen MR) is 76.3 cm³/mol. The monoisotopic (exact) mass is 285 g/mol. The largest absolute Gasteiger partial charge is 0.395 e. The molecule has 0 saturated carbocycles. The Hall–Kier alpha value is -0.690. The van der Waals surface area contributed by atoms with Gasteiger partial charge in [-0.15, -0.1) is 0 Å². The molecule has 0 aromatic carbocycles. The van der Waals surface area contributed by atoms with E-state index in [-0.39, 0.29) is 30.8 Å². The Morgan fingerprint density at radius 1 is 1.35 bits per heavy atom. The van der Waals surface area contributed by atoms with E-state index in [4.69, 9.17) is 10.5 Å². The molecule has 0 spiro atoms. The number of aliphatic hydroxyl groups excluding tert-OH is 1. The fourth-order valence-electron chi connectivity index (χ4n) is 3.13. The maximum Gasteiger partial charge on any atom is 0.252 e. The lowest BCUT2D eigenvalue weighted by Gasteiger charge is -2.38. The van der Waals surface area contributed by atoms with Crippen LogP contribution in [0.2, 0.25) is 0 Å². The van der Waals surface area contributed by atoms with Crippen molar-refractivity contribution < 1.29 is 14.6 Å². The van der Waals surface area contributed by atoms with Gasteiger partial charge in [0.25, 0.3) is 5.91 Å². The first-order valence-electron chi connectivity index (χ1n) is 7.61. The smallest absolute Gasteiger partial charge is 0.252 e. The number of ether oxygens (including phenoxy) is 1. The number of hydrogen-bond acceptors (Lipinski definition) is 5. The molecule has 2 fully saturated rings. The third-order valence-electron chi connectivity index (χ3n) is 4.40. The summed E-state index contributed by atoms with van der Waals surface area (Å²) in [4.78, 5) is 16.7. The molecule has 2 heterocycles. The van der Waals surface area contributed by atoms with Gasteiger partial charge in [0.15, 0.2) is 0 Å². The number of amides is 1. The van der Waals surface area contributed by atoms with Crippen molar-refractivity contribution in [3.63, 3.8) is 0 Å². The molecule has 3 N–H and O–H groups in total. The highest BCUT2D eigenvalue weighted by Gasteiger charge is 2.36. The zero-order valence-electron chi connectivity index (χ0n) is 12.3. The molecule has 2 aliphatic heterocycles. The Morgan fingerprint density at radius 2 is 2.05 bits per heavy atom. The second kappa shape index (κ2) is 7.36. The van der Waals surface area contributed by atoms with Crippen molar-refractivity contribution in [1.82, 2.24) is 9.80 Å². The van der Waals surface area contributed by atoms with Crippen LogP contribution in [-0.4, -0.2) is 78.9 Å². The van der Waals surface area contributed by atoms with Gasteiger partial charge in [-0.05, 0) is 45.8 Å². The first-order chi connectivity index (χ1) is 9.65. The molecule has 2 unspecified atom stereocenters. The van der Waals surface area contributed by atoms with Crippen LogP contribution in [0.5, 0.6) is 0 Å². The first-order valence-corrected chi connectivity index (χ1v) is 7.61. The van der Waals surface area contributed by atoms with Gasteiger partial charge in [-0.25, -0.2) is 0 Å². The van der Waals surface area contributed by atoms with Crippen LogP contribution in [0.1, 0.15) is 25.7 Å². The molecule has 0 aromatic heterocycles. The standard InChI is InChI=1S/C14H27N3O3/c1-16-6-4-11(5-7-16)17(8-9-18)14(19)13-3-2-12(10-15)20-13/h11-13,18H,2-10,15H2,1H3. The molecule has 0 radical (unpaired) electrons. The van der Waals surface area contributed by atoms with Gasteiger partial charge in [0.05, 0.1) is 12.7 Å². The van der Waals surface area contributed by atoms with Gasteiger partial charge in [-0.2, -0.15) is 0 Å². The van der Waals surface area contributed by atoms with Crippen LogP contribution < -0.4 is 5.73 Å². The summed E-state index contributed by atoms with van der Waals surface area (Å²) in [7, 11) is 2.10. The van der Waals surface area contributed by atoms with Crippen molar-refractivity contribution in [2.75, 3.05) is 39.8 Å². The van der Waals surface area contributed by atoms with Gasteiger partial charge in [0.2, 0.25) is 0 Å². The second-order valence-electron chi connectivity index (χ2n) is 5.85. The Kier molecular flexibility index (Phi) is 5.77. The maximum absolute atomic E-state index is 12.6. The molecule has 20 heavy (non-hydrogen) atoms. The minimum Gasteiger partial charge on any atom is -0.395 e. The molecular weight excluding hydrogens is 258 g/mol. The van der Waals surface area contributed by atoms with Crippen LogP contribution in [0.4, 0.5) is 0 Å². The molecule has 0 bridgehead atoms. The van der Waals surface area contributed by atoms with Gasteiger partial charge in [0.1, 0.15) is 6.10 Å². The summed E-state index contributed by atoms with van der Waals surface area (Å²) >= 11 is 0. The van der Waals surface area contributed by atoms with E-state index in [0.717, 1.165) is 38.8 Å². The van der Waals surface area contributed by atoms with E-state index in [1.54, 1.807) is 0 Å². The lowest BCUT2D eigenvalue weighted by atomic mass is 10.0. The van der Waals surface area contributed by atoms with E-state index < -0.39 is 0 Å². The topological polar surface area (TPSA) is 79.0 Å². The zero-order chi connectivity index (χ0) is 14.5. The fraction of sp³-hybridized carbons (Fsp3) is 0.929. The van der Waals surface area contributed by atoms with Gasteiger partial charge < -0.3 is 25.4 Å². The third kappa shape index (κ3) is 3.69. The van der Waals surface area contributed by atoms with Crippen molar-refractivity contribution in [1.29, 1.82) is 0 Å². The summed E-state index contributed by atoms with van der Waals surface area (Å²) in [6, 6.07) is 0.228. The summed E-state index contributed by atoms with van der Waals surface area (Å²) in [5, 5.41) is 9.24. The number of piperidine rings is 1. The molecule has 2 atom stereocenters. The van der Waals surface area contributed by atoms with Crippen LogP contribution in [0, 0.1) is 0 Å². The number of rotatable bonds is 5. The summed E-state index contributed by atoms with van der Waals surface area (Å²) < 4.78 is 5.70. The van der Waals surface area contributed by atoms with E-state index in [1.165, 1.54) is 0 Å². The van der Waals surface area contributed by atoms with E-state index in [1.807, 2.05) is 4.90 Å². The average Bonchev–Trinajstić information content (AvgIpc) is 2.94. The molecule has 6 heteroatoms. The minimum absolute atomic E-state index is 0.00508. The molecule has 116 valence electrons. The fourth-order valence-corrected chi connectivity index (χ4v) is 3.13. The number of aliphatic hydroxyl groups is 1. The second-order valence-corrected chi connectivity index (χ2v) is 5.85. The number of carbonyl (C=O) groups is 1. The summed E-state index contributed by atoms with van der Waals surface area (Å²) in [6.45, 7) is 2.87. The van der Waals surface area contributed by atoms with Crippen LogP contribution in [0.15, 0.2) is 0 Å². The molecular formula is C14H27N3O3. The van der Waals surface area contributed by atoms with Crippen molar-refractivity contribution >= 4 is 5.91 Å². The average molecular weight is 285 g/mol. The lowest BCUT2D eigenvalue weighted by molar-refractivity contribution is -0.146. The van der Waals surface area contributed by atoms with Crippen LogP contribution in [0.3, 0.4) is 0 Å². The minimum atomic E-state index is -0.366. The number of hydrogen-bond donors (Lipinski definition) is 2. The van der Waals surface area contributed by atoms with Crippen molar-refractivity contribution in [3.8, 4) is 0 Å². The first kappa shape index (κ1) is 15.7. The van der Waals surface area contributed by atoms with Crippen molar-refractivity contribution in [2.45, 2.75) is 43.9 Å². The lowest BCUT2D eigenvalue weighted by Crippen LogP contribution is -2.50. The van der Waals surface area contributed by atoms with Crippen molar-refractivity contribution in [2.24, 2.45) is 5.73 Å². The Bertz CT molecular complexity index is 319. The molecule has 0 aromatic rings. The SMILES string of the molecule is CN1CCC(N(CCO)C(=O)C2CCC(CN)O2)CC1. The van der Waals surface area contributed by atoms with Crippen molar-refractivity contribution in [3.05, 3.63) is 0 Å². The van der Waals surface area contributed by atoms with Gasteiger partial charge in [-0.3, -0.25) is 4.79 Å². The third-order valence-corrected chi connectivity index (χ3v) is 4.40. The molecule has 2 rings (SSSR count). The number of nitrogens with zero attached hydrogens (tertiary/aromatic N) is 2. The maximum atomic E-state index is 12.6. The van der Waals surface area contributed by atoms with E-state index in [9.17, 15) is 9.90 Å². The van der Waals surface area contributed by atoms with Crippen LogP contribution in [-0.2, 0) is 9.53 Å². The van der Waals surface area contributed by atoms with E-state index in [0.29, 0.717) is 13.1 Å². The quantitative estimate of drug-likeness (QED) is 0.706. The highest BCUT2D eigenvalue weighted by Crippen LogP contribution is 2.24. The van der Waals surface area contributed by atoms with Gasteiger partial charge in [-0.1, -0.05) is 0 Å². The number of nitrogens with two attached hydrogens (primary N) is 1. The Labute approximate surface area is 120 Å². The van der Waals surface area contributed by atoms with Crippen LogP contribution in [0.25, 0.3) is 0 Å². The van der Waals surface area contributed by atoms with Crippen LogP contribution >= 0.6 is 0 Å². The highest BCUT2D eigenvalue weighted by atomic mass is 16.5. The highest BCUT2D eigenvalue weighted by molar-refractivity contribution is 5.81. The molecule has 2 saturated heterocycles. The van der Waals surface area contributed by atoms with Gasteiger partial charge >= 0.3 is 0 Å². The normalized spacial score (nSPS) is 28.8. The van der Waals surface area contributed by atoms with E-state index >= 15 is 0 Å². The molecule has 1 amide bonds. The Balaban J connectivity index is 1.95. The summed E-state index contributed by atoms with van der Waals surface area (Å²) in [5.41, 5.74) is 5.59. The zero-order valence-corrected chi connectivity index (χ0v) is 12.3.